The fourth-order valence-electron chi connectivity index (χ4n) is 3.64. The molecule has 28 heavy (non-hydrogen) atoms. The second-order valence-electron chi connectivity index (χ2n) is 7.42. The smallest absolute Gasteiger partial charge is 0.227 e. The number of para-hydroxylation sites is 1. The lowest BCUT2D eigenvalue weighted by molar-refractivity contribution is -0.128. The minimum atomic E-state index is -0.0229. The van der Waals surface area contributed by atoms with E-state index in [0.717, 1.165) is 48.2 Å². The van der Waals surface area contributed by atoms with Gasteiger partial charge in [0.05, 0.1) is 7.11 Å². The number of carbonyl (C=O) groups is 2. The van der Waals surface area contributed by atoms with Crippen LogP contribution in [0.3, 0.4) is 0 Å². The van der Waals surface area contributed by atoms with Crippen molar-refractivity contribution < 1.29 is 14.3 Å². The summed E-state index contributed by atoms with van der Waals surface area (Å²) in [5.41, 5.74) is 2.97. The quantitative estimate of drug-likeness (QED) is 0.794. The summed E-state index contributed by atoms with van der Waals surface area (Å²) in [4.78, 5) is 25.0. The van der Waals surface area contributed by atoms with Crippen molar-refractivity contribution in [3.63, 3.8) is 0 Å². The Morgan fingerprint density at radius 3 is 2.14 bits per heavy atom. The van der Waals surface area contributed by atoms with E-state index in [1.165, 1.54) is 0 Å². The summed E-state index contributed by atoms with van der Waals surface area (Å²) >= 11 is 0. The van der Waals surface area contributed by atoms with Gasteiger partial charge in [0, 0.05) is 24.1 Å². The minimum Gasteiger partial charge on any atom is -0.497 e. The van der Waals surface area contributed by atoms with Gasteiger partial charge in [0.25, 0.3) is 0 Å². The van der Waals surface area contributed by atoms with Gasteiger partial charge in [-0.15, -0.1) is 0 Å². The standard InChI is InChI=1S/C23H28N2O3/c1-16-5-3-4-6-21(16)25-23(27)19-11-9-18(10-12-19)22(26)24-15-17-7-13-20(28-2)14-8-17/h3-8,13-14,18-19H,9-12,15H2,1-2H3,(H,24,26)(H,25,27). The SMILES string of the molecule is COc1ccc(CNC(=O)C2CCC(C(=O)Nc3ccccc3C)CC2)cc1. The molecular weight excluding hydrogens is 352 g/mol. The number of aryl methyl sites for hydroxylation is 1. The lowest BCUT2D eigenvalue weighted by Crippen LogP contribution is -2.35. The van der Waals surface area contributed by atoms with Gasteiger partial charge in [-0.25, -0.2) is 0 Å². The molecule has 0 aliphatic heterocycles. The van der Waals surface area contributed by atoms with Crippen molar-refractivity contribution in [3.8, 4) is 5.75 Å². The predicted octanol–water partition coefficient (Wildman–Crippen LogP) is 4.06. The summed E-state index contributed by atoms with van der Waals surface area (Å²) in [6.45, 7) is 2.50. The highest BCUT2D eigenvalue weighted by Gasteiger charge is 2.30. The number of anilines is 1. The normalized spacial score (nSPS) is 18.9. The van der Waals surface area contributed by atoms with Gasteiger partial charge in [-0.1, -0.05) is 30.3 Å². The average molecular weight is 380 g/mol. The number of methoxy groups -OCH3 is 1. The maximum absolute atomic E-state index is 12.5. The maximum atomic E-state index is 12.5. The van der Waals surface area contributed by atoms with Gasteiger partial charge < -0.3 is 15.4 Å². The van der Waals surface area contributed by atoms with Crippen molar-refractivity contribution >= 4 is 17.5 Å². The summed E-state index contributed by atoms with van der Waals surface area (Å²) in [5, 5.41) is 6.05. The molecule has 1 fully saturated rings. The Kier molecular flexibility index (Phi) is 6.69. The number of hydrogen-bond acceptors (Lipinski definition) is 3. The zero-order valence-corrected chi connectivity index (χ0v) is 16.5. The van der Waals surface area contributed by atoms with E-state index in [1.807, 2.05) is 55.5 Å². The van der Waals surface area contributed by atoms with Crippen LogP contribution in [0.5, 0.6) is 5.75 Å². The molecule has 2 aromatic rings. The largest absolute Gasteiger partial charge is 0.497 e. The number of amides is 2. The van der Waals surface area contributed by atoms with Crippen molar-refractivity contribution in [2.45, 2.75) is 39.2 Å². The molecule has 2 amide bonds. The Morgan fingerprint density at radius 1 is 0.929 bits per heavy atom. The molecule has 148 valence electrons. The molecule has 0 aromatic heterocycles. The van der Waals surface area contributed by atoms with Crippen LogP contribution >= 0.6 is 0 Å². The van der Waals surface area contributed by atoms with Crippen LogP contribution in [0.1, 0.15) is 36.8 Å². The lowest BCUT2D eigenvalue weighted by atomic mass is 9.81. The van der Waals surface area contributed by atoms with Crippen LogP contribution < -0.4 is 15.4 Å². The fraction of sp³-hybridized carbons (Fsp3) is 0.391. The van der Waals surface area contributed by atoms with Crippen molar-refractivity contribution in [1.82, 2.24) is 5.32 Å². The van der Waals surface area contributed by atoms with Crippen LogP contribution in [0.15, 0.2) is 48.5 Å². The molecule has 0 radical (unpaired) electrons. The Morgan fingerprint density at radius 2 is 1.54 bits per heavy atom. The Bertz CT molecular complexity index is 809. The number of ether oxygens (including phenoxy) is 1. The number of nitrogens with one attached hydrogen (secondary N) is 2. The molecule has 5 heteroatoms. The summed E-state index contributed by atoms with van der Waals surface area (Å²) in [5.74, 6) is 0.906. The van der Waals surface area contributed by atoms with Crippen LogP contribution in [-0.2, 0) is 16.1 Å². The fourth-order valence-corrected chi connectivity index (χ4v) is 3.64. The third-order valence-corrected chi connectivity index (χ3v) is 5.50. The summed E-state index contributed by atoms with van der Waals surface area (Å²) in [7, 11) is 1.63. The van der Waals surface area contributed by atoms with E-state index in [1.54, 1.807) is 7.11 Å². The first-order valence-corrected chi connectivity index (χ1v) is 9.84. The van der Waals surface area contributed by atoms with Crippen LogP contribution in [0, 0.1) is 18.8 Å². The van der Waals surface area contributed by atoms with E-state index < -0.39 is 0 Å². The molecule has 2 N–H and O–H groups in total. The van der Waals surface area contributed by atoms with Gasteiger partial charge in [0.2, 0.25) is 11.8 Å². The van der Waals surface area contributed by atoms with E-state index in [-0.39, 0.29) is 23.7 Å². The highest BCUT2D eigenvalue weighted by molar-refractivity contribution is 5.93. The highest BCUT2D eigenvalue weighted by atomic mass is 16.5. The highest BCUT2D eigenvalue weighted by Crippen LogP contribution is 2.30. The second-order valence-corrected chi connectivity index (χ2v) is 7.42. The van der Waals surface area contributed by atoms with E-state index in [4.69, 9.17) is 4.74 Å². The molecule has 3 rings (SSSR count). The Hall–Kier alpha value is -2.82. The molecule has 0 spiro atoms. The summed E-state index contributed by atoms with van der Waals surface area (Å²) in [6.07, 6.45) is 3.00. The van der Waals surface area contributed by atoms with Crippen molar-refractivity contribution in [2.24, 2.45) is 11.8 Å². The lowest BCUT2D eigenvalue weighted by Gasteiger charge is -2.27. The first-order chi connectivity index (χ1) is 13.6. The van der Waals surface area contributed by atoms with E-state index >= 15 is 0 Å². The topological polar surface area (TPSA) is 67.4 Å². The Balaban J connectivity index is 1.44. The van der Waals surface area contributed by atoms with Gasteiger partial charge >= 0.3 is 0 Å². The van der Waals surface area contributed by atoms with Crippen molar-refractivity contribution in [3.05, 3.63) is 59.7 Å². The minimum absolute atomic E-state index is 0.0132. The zero-order chi connectivity index (χ0) is 19.9. The molecule has 1 saturated carbocycles. The van der Waals surface area contributed by atoms with Crippen LogP contribution in [0.25, 0.3) is 0 Å². The third kappa shape index (κ3) is 5.12. The molecule has 0 unspecified atom stereocenters. The monoisotopic (exact) mass is 380 g/mol. The first kappa shape index (κ1) is 19.9. The predicted molar refractivity (Wildman–Crippen MR) is 110 cm³/mol. The average Bonchev–Trinajstić information content (AvgIpc) is 2.74. The van der Waals surface area contributed by atoms with Crippen molar-refractivity contribution in [2.75, 3.05) is 12.4 Å². The molecule has 2 aromatic carbocycles. The van der Waals surface area contributed by atoms with E-state index in [9.17, 15) is 9.59 Å². The molecule has 1 aliphatic carbocycles. The number of rotatable bonds is 6. The van der Waals surface area contributed by atoms with Crippen molar-refractivity contribution in [1.29, 1.82) is 0 Å². The molecule has 5 nitrogen and oxygen atoms in total. The van der Waals surface area contributed by atoms with Crippen LogP contribution in [0.4, 0.5) is 5.69 Å². The summed E-state index contributed by atoms with van der Waals surface area (Å²) in [6, 6.07) is 15.5. The second kappa shape index (κ2) is 9.40. The number of benzene rings is 2. The summed E-state index contributed by atoms with van der Waals surface area (Å²) < 4.78 is 5.14. The zero-order valence-electron chi connectivity index (χ0n) is 16.5. The number of carbonyl (C=O) groups excluding carboxylic acids is 2. The van der Waals surface area contributed by atoms with Gasteiger partial charge in [0.1, 0.15) is 5.75 Å². The van der Waals surface area contributed by atoms with Crippen LogP contribution in [-0.4, -0.2) is 18.9 Å². The van der Waals surface area contributed by atoms with Gasteiger partial charge in [-0.05, 0) is 61.9 Å². The Labute approximate surface area is 166 Å². The van der Waals surface area contributed by atoms with Gasteiger partial charge in [0.15, 0.2) is 0 Å². The first-order valence-electron chi connectivity index (χ1n) is 9.84. The molecule has 0 bridgehead atoms. The molecule has 1 aliphatic rings. The molecule has 0 saturated heterocycles. The van der Waals surface area contributed by atoms with Gasteiger partial charge in [-0.3, -0.25) is 9.59 Å². The number of hydrogen-bond donors (Lipinski definition) is 2. The van der Waals surface area contributed by atoms with E-state index in [2.05, 4.69) is 10.6 Å². The maximum Gasteiger partial charge on any atom is 0.227 e. The molecule has 0 atom stereocenters. The van der Waals surface area contributed by atoms with Crippen LogP contribution in [0.2, 0.25) is 0 Å². The molecular formula is C23H28N2O3. The molecule has 0 heterocycles. The van der Waals surface area contributed by atoms with Gasteiger partial charge in [-0.2, -0.15) is 0 Å². The third-order valence-electron chi connectivity index (χ3n) is 5.50. The van der Waals surface area contributed by atoms with E-state index in [0.29, 0.717) is 6.54 Å².